The number of thiocarbonyl (C=S) groups is 1. The van der Waals surface area contributed by atoms with E-state index >= 15 is 0 Å². The van der Waals surface area contributed by atoms with E-state index in [0.29, 0.717) is 10.9 Å². The van der Waals surface area contributed by atoms with E-state index in [1.165, 1.54) is 29.7 Å². The average molecular weight is 308 g/mol. The molecule has 1 saturated carbocycles. The second-order valence-electron chi connectivity index (χ2n) is 5.81. The standard InChI is InChI=1S/C15H20N2OS2/c16-14(19)13(9-6-7-9)17-15(18)12-8-10-4-2-1-3-5-11(10)20-12/h8-9,13H,1-7H2,(H2,16,19)(H,17,18). The summed E-state index contributed by atoms with van der Waals surface area (Å²) >= 11 is 6.72. The Bertz CT molecular complexity index is 510. The molecule has 2 aliphatic carbocycles. The molecule has 3 rings (SSSR count). The number of nitrogens with one attached hydrogen (secondary N) is 1. The van der Waals surface area contributed by atoms with Crippen molar-refractivity contribution in [2.24, 2.45) is 11.7 Å². The number of hydrogen-bond donors (Lipinski definition) is 2. The Balaban J connectivity index is 1.72. The van der Waals surface area contributed by atoms with Gasteiger partial charge in [-0.2, -0.15) is 0 Å². The average Bonchev–Trinajstić information content (AvgIpc) is 3.20. The first-order valence-corrected chi connectivity index (χ1v) is 8.59. The van der Waals surface area contributed by atoms with Crippen LogP contribution in [-0.4, -0.2) is 16.9 Å². The van der Waals surface area contributed by atoms with Crippen molar-refractivity contribution in [2.45, 2.75) is 51.0 Å². The van der Waals surface area contributed by atoms with Crippen molar-refractivity contribution >= 4 is 34.5 Å². The van der Waals surface area contributed by atoms with Crippen LogP contribution in [-0.2, 0) is 12.8 Å². The molecule has 0 aromatic carbocycles. The summed E-state index contributed by atoms with van der Waals surface area (Å²) in [4.78, 5) is 15.0. The highest BCUT2D eigenvalue weighted by Crippen LogP contribution is 2.33. The SMILES string of the molecule is NC(=S)C(NC(=O)c1cc2c(s1)CCCCC2)C1CC1. The molecule has 0 saturated heterocycles. The molecular formula is C15H20N2OS2. The van der Waals surface area contributed by atoms with E-state index in [9.17, 15) is 4.79 Å². The summed E-state index contributed by atoms with van der Waals surface area (Å²) in [6.45, 7) is 0. The molecule has 1 amide bonds. The van der Waals surface area contributed by atoms with Gasteiger partial charge in [-0.3, -0.25) is 4.79 Å². The van der Waals surface area contributed by atoms with E-state index in [0.717, 1.165) is 30.6 Å². The lowest BCUT2D eigenvalue weighted by Crippen LogP contribution is -2.44. The largest absolute Gasteiger partial charge is 0.392 e. The molecule has 2 aliphatic rings. The van der Waals surface area contributed by atoms with Gasteiger partial charge in [0.1, 0.15) is 0 Å². The number of nitrogens with two attached hydrogens (primary N) is 1. The molecule has 0 aliphatic heterocycles. The zero-order chi connectivity index (χ0) is 14.1. The minimum Gasteiger partial charge on any atom is -0.392 e. The number of amides is 1. The van der Waals surface area contributed by atoms with Crippen LogP contribution in [0.3, 0.4) is 0 Å². The smallest absolute Gasteiger partial charge is 0.261 e. The van der Waals surface area contributed by atoms with E-state index in [-0.39, 0.29) is 11.9 Å². The first kappa shape index (κ1) is 14.0. The molecule has 108 valence electrons. The fourth-order valence-electron chi connectivity index (χ4n) is 2.84. The van der Waals surface area contributed by atoms with E-state index < -0.39 is 0 Å². The lowest BCUT2D eigenvalue weighted by Gasteiger charge is -2.15. The predicted octanol–water partition coefficient (Wildman–Crippen LogP) is 2.81. The summed E-state index contributed by atoms with van der Waals surface area (Å²) in [6, 6.07) is 1.95. The van der Waals surface area contributed by atoms with Crippen molar-refractivity contribution < 1.29 is 4.79 Å². The molecule has 1 atom stereocenters. The number of fused-ring (bicyclic) bond motifs is 1. The monoisotopic (exact) mass is 308 g/mol. The maximum absolute atomic E-state index is 12.4. The van der Waals surface area contributed by atoms with Gasteiger partial charge in [0.05, 0.1) is 15.9 Å². The third-order valence-corrected chi connectivity index (χ3v) is 5.65. The number of carbonyl (C=O) groups is 1. The molecule has 5 heteroatoms. The maximum Gasteiger partial charge on any atom is 0.261 e. The fourth-order valence-corrected chi connectivity index (χ4v) is 4.25. The van der Waals surface area contributed by atoms with Crippen LogP contribution in [0.25, 0.3) is 0 Å². The highest BCUT2D eigenvalue weighted by Gasteiger charge is 2.34. The van der Waals surface area contributed by atoms with Crippen molar-refractivity contribution in [3.05, 3.63) is 21.4 Å². The highest BCUT2D eigenvalue weighted by molar-refractivity contribution is 7.80. The Kier molecular flexibility index (Phi) is 4.08. The van der Waals surface area contributed by atoms with Gasteiger partial charge >= 0.3 is 0 Å². The molecule has 3 nitrogen and oxygen atoms in total. The predicted molar refractivity (Wildman–Crippen MR) is 86.3 cm³/mol. The first-order valence-electron chi connectivity index (χ1n) is 7.37. The van der Waals surface area contributed by atoms with Gasteiger partial charge in [0, 0.05) is 4.88 Å². The number of aryl methyl sites for hydroxylation is 2. The Morgan fingerprint density at radius 2 is 2.10 bits per heavy atom. The van der Waals surface area contributed by atoms with Crippen molar-refractivity contribution in [2.75, 3.05) is 0 Å². The first-order chi connectivity index (χ1) is 9.65. The van der Waals surface area contributed by atoms with Crippen LogP contribution in [0.2, 0.25) is 0 Å². The van der Waals surface area contributed by atoms with Crippen LogP contribution in [0.1, 0.15) is 52.2 Å². The van der Waals surface area contributed by atoms with Gasteiger partial charge in [0.15, 0.2) is 0 Å². The molecule has 0 radical (unpaired) electrons. The van der Waals surface area contributed by atoms with Crippen LogP contribution < -0.4 is 11.1 Å². The Morgan fingerprint density at radius 3 is 2.80 bits per heavy atom. The van der Waals surface area contributed by atoms with Crippen LogP contribution in [0, 0.1) is 5.92 Å². The molecule has 0 bridgehead atoms. The third-order valence-electron chi connectivity index (χ3n) is 4.16. The van der Waals surface area contributed by atoms with E-state index in [4.69, 9.17) is 18.0 Å². The quantitative estimate of drug-likeness (QED) is 0.664. The van der Waals surface area contributed by atoms with Crippen LogP contribution >= 0.6 is 23.6 Å². The minimum atomic E-state index is -0.126. The van der Waals surface area contributed by atoms with E-state index in [2.05, 4.69) is 11.4 Å². The van der Waals surface area contributed by atoms with Gasteiger partial charge in [0.2, 0.25) is 0 Å². The van der Waals surface area contributed by atoms with Crippen LogP contribution in [0.5, 0.6) is 0 Å². The van der Waals surface area contributed by atoms with Crippen molar-refractivity contribution in [3.63, 3.8) is 0 Å². The molecule has 1 aromatic heterocycles. The Hall–Kier alpha value is -0.940. The molecule has 1 fully saturated rings. The lowest BCUT2D eigenvalue weighted by atomic mass is 10.1. The van der Waals surface area contributed by atoms with Gasteiger partial charge in [0.25, 0.3) is 5.91 Å². The fraction of sp³-hybridized carbons (Fsp3) is 0.600. The molecule has 1 aromatic rings. The van der Waals surface area contributed by atoms with Gasteiger partial charge in [-0.25, -0.2) is 0 Å². The number of carbonyl (C=O) groups excluding carboxylic acids is 1. The van der Waals surface area contributed by atoms with Gasteiger partial charge in [-0.15, -0.1) is 11.3 Å². The maximum atomic E-state index is 12.4. The second-order valence-corrected chi connectivity index (χ2v) is 7.42. The third kappa shape index (κ3) is 3.04. The number of rotatable bonds is 4. The summed E-state index contributed by atoms with van der Waals surface area (Å²) in [5, 5.41) is 3.02. The zero-order valence-electron chi connectivity index (χ0n) is 11.5. The molecule has 3 N–H and O–H groups in total. The summed E-state index contributed by atoms with van der Waals surface area (Å²) < 4.78 is 0. The topological polar surface area (TPSA) is 55.1 Å². The van der Waals surface area contributed by atoms with Crippen molar-refractivity contribution in [1.29, 1.82) is 0 Å². The number of hydrogen-bond acceptors (Lipinski definition) is 3. The van der Waals surface area contributed by atoms with E-state index in [1.54, 1.807) is 11.3 Å². The molecule has 20 heavy (non-hydrogen) atoms. The molecule has 0 spiro atoms. The molecule has 1 unspecified atom stereocenters. The molecule has 1 heterocycles. The van der Waals surface area contributed by atoms with Gasteiger partial charge in [-0.05, 0) is 56.1 Å². The number of thiophene rings is 1. The van der Waals surface area contributed by atoms with Crippen molar-refractivity contribution in [3.8, 4) is 0 Å². The van der Waals surface area contributed by atoms with Crippen molar-refractivity contribution in [1.82, 2.24) is 5.32 Å². The minimum absolute atomic E-state index is 0.00669. The second kappa shape index (κ2) is 5.82. The van der Waals surface area contributed by atoms with E-state index in [1.807, 2.05) is 0 Å². The summed E-state index contributed by atoms with van der Waals surface area (Å²) in [5.74, 6) is 0.446. The summed E-state index contributed by atoms with van der Waals surface area (Å²) in [7, 11) is 0. The van der Waals surface area contributed by atoms with Crippen LogP contribution in [0.15, 0.2) is 6.07 Å². The van der Waals surface area contributed by atoms with Crippen LogP contribution in [0.4, 0.5) is 0 Å². The lowest BCUT2D eigenvalue weighted by molar-refractivity contribution is 0.0948. The highest BCUT2D eigenvalue weighted by atomic mass is 32.1. The zero-order valence-corrected chi connectivity index (χ0v) is 13.1. The summed E-state index contributed by atoms with van der Waals surface area (Å²) in [5.41, 5.74) is 7.11. The summed E-state index contributed by atoms with van der Waals surface area (Å²) in [6.07, 6.45) is 8.24. The van der Waals surface area contributed by atoms with Gasteiger partial charge in [-0.1, -0.05) is 18.6 Å². The normalized spacial score (nSPS) is 19.8. The Labute approximate surface area is 128 Å². The van der Waals surface area contributed by atoms with Gasteiger partial charge < -0.3 is 11.1 Å². The Morgan fingerprint density at radius 1 is 1.35 bits per heavy atom. The molecular weight excluding hydrogens is 288 g/mol.